The lowest BCUT2D eigenvalue weighted by Crippen LogP contribution is -2.29. The fraction of sp³-hybridized carbons (Fsp3) is 0.129. The Morgan fingerprint density at radius 3 is 2.32 bits per heavy atom. The molecule has 4 aromatic carbocycles. The van der Waals surface area contributed by atoms with Gasteiger partial charge in [0.15, 0.2) is 0 Å². The molecule has 7 nitrogen and oxygen atoms in total. The number of methoxy groups -OCH3 is 2. The summed E-state index contributed by atoms with van der Waals surface area (Å²) in [6.45, 7) is 0. The Labute approximate surface area is 219 Å². The number of hydrogen-bond donors (Lipinski definition) is 1. The van der Waals surface area contributed by atoms with Crippen LogP contribution < -0.4 is 9.64 Å². The largest absolute Gasteiger partial charge is 0.507 e. The monoisotopic (exact) mass is 507 g/mol. The van der Waals surface area contributed by atoms with Gasteiger partial charge in [0.25, 0.3) is 11.7 Å². The van der Waals surface area contributed by atoms with Gasteiger partial charge in [0.1, 0.15) is 11.5 Å². The molecule has 0 aromatic heterocycles. The molecule has 1 amide bonds. The van der Waals surface area contributed by atoms with Crippen LogP contribution in [0.25, 0.3) is 16.5 Å². The van der Waals surface area contributed by atoms with E-state index in [2.05, 4.69) is 0 Å². The van der Waals surface area contributed by atoms with Crippen molar-refractivity contribution in [1.29, 1.82) is 0 Å². The number of Topliss-reactive ketones (excluding diaryl/α,β-unsaturated/α-hetero) is 1. The Hall–Kier alpha value is -4.91. The van der Waals surface area contributed by atoms with E-state index in [1.165, 1.54) is 19.1 Å². The highest BCUT2D eigenvalue weighted by molar-refractivity contribution is 6.51. The summed E-state index contributed by atoms with van der Waals surface area (Å²) in [5, 5.41) is 13.3. The van der Waals surface area contributed by atoms with Gasteiger partial charge in [0.05, 0.1) is 32.3 Å². The number of nitrogens with zero attached hydrogens (tertiary/aromatic N) is 1. The van der Waals surface area contributed by atoms with Gasteiger partial charge in [0.2, 0.25) is 0 Å². The van der Waals surface area contributed by atoms with Crippen LogP contribution in [0.4, 0.5) is 5.69 Å². The molecule has 1 unspecified atom stereocenters. The van der Waals surface area contributed by atoms with Crippen LogP contribution >= 0.6 is 0 Å². The number of ketones is 1. The van der Waals surface area contributed by atoms with Gasteiger partial charge in [-0.3, -0.25) is 19.3 Å². The molecule has 5 rings (SSSR count). The van der Waals surface area contributed by atoms with Crippen molar-refractivity contribution in [2.45, 2.75) is 12.5 Å². The molecule has 0 saturated carbocycles. The Balaban J connectivity index is 1.66. The van der Waals surface area contributed by atoms with E-state index in [-0.39, 0.29) is 23.7 Å². The molecule has 1 aliphatic rings. The summed E-state index contributed by atoms with van der Waals surface area (Å²) in [5.74, 6) is -1.65. The molecule has 0 radical (unpaired) electrons. The second-order valence-corrected chi connectivity index (χ2v) is 8.93. The molecular weight excluding hydrogens is 482 g/mol. The first-order valence-electron chi connectivity index (χ1n) is 12.0. The van der Waals surface area contributed by atoms with Crippen molar-refractivity contribution in [2.24, 2.45) is 0 Å². The zero-order chi connectivity index (χ0) is 26.8. The highest BCUT2D eigenvalue weighted by Crippen LogP contribution is 2.43. The lowest BCUT2D eigenvalue weighted by molar-refractivity contribution is -0.139. The maximum absolute atomic E-state index is 13.5. The minimum absolute atomic E-state index is 0.0165. The van der Waals surface area contributed by atoms with Crippen molar-refractivity contribution in [3.63, 3.8) is 0 Å². The summed E-state index contributed by atoms with van der Waals surface area (Å²) in [6.07, 6.45) is 0.0802. The first-order valence-corrected chi connectivity index (χ1v) is 12.0. The average Bonchev–Trinajstić information content (AvgIpc) is 3.22. The zero-order valence-electron chi connectivity index (χ0n) is 20.9. The lowest BCUT2D eigenvalue weighted by Gasteiger charge is -2.26. The van der Waals surface area contributed by atoms with E-state index in [0.29, 0.717) is 28.1 Å². The number of amides is 1. The van der Waals surface area contributed by atoms with Gasteiger partial charge in [-0.1, -0.05) is 60.7 Å². The molecule has 1 fully saturated rings. The Bertz CT molecular complexity index is 1590. The molecule has 1 heterocycles. The van der Waals surface area contributed by atoms with E-state index in [9.17, 15) is 19.5 Å². The lowest BCUT2D eigenvalue weighted by atomic mass is 9.94. The summed E-state index contributed by atoms with van der Waals surface area (Å²) in [7, 11) is 2.85. The molecule has 7 heteroatoms. The van der Waals surface area contributed by atoms with Gasteiger partial charge in [-0.05, 0) is 52.2 Å². The molecule has 1 aliphatic heterocycles. The molecule has 190 valence electrons. The smallest absolute Gasteiger partial charge is 0.309 e. The van der Waals surface area contributed by atoms with E-state index in [1.807, 2.05) is 30.3 Å². The number of ether oxygens (including phenoxy) is 2. The third kappa shape index (κ3) is 4.50. The molecule has 38 heavy (non-hydrogen) atoms. The van der Waals surface area contributed by atoms with Gasteiger partial charge < -0.3 is 14.6 Å². The van der Waals surface area contributed by atoms with Gasteiger partial charge in [0, 0.05) is 11.3 Å². The van der Waals surface area contributed by atoms with Gasteiger partial charge in [-0.15, -0.1) is 0 Å². The number of aliphatic hydroxyl groups is 1. The van der Waals surface area contributed by atoms with E-state index >= 15 is 0 Å². The number of hydrogen-bond acceptors (Lipinski definition) is 6. The Morgan fingerprint density at radius 2 is 1.61 bits per heavy atom. The van der Waals surface area contributed by atoms with Crippen LogP contribution in [0.2, 0.25) is 0 Å². The number of rotatable bonds is 6. The summed E-state index contributed by atoms with van der Waals surface area (Å²) in [6, 6.07) is 26.0. The molecule has 0 spiro atoms. The third-order valence-electron chi connectivity index (χ3n) is 6.67. The fourth-order valence-corrected chi connectivity index (χ4v) is 4.73. The van der Waals surface area contributed by atoms with E-state index in [1.54, 1.807) is 60.7 Å². The maximum atomic E-state index is 13.5. The summed E-state index contributed by atoms with van der Waals surface area (Å²) in [4.78, 5) is 39.9. The second kappa shape index (κ2) is 10.2. The van der Waals surface area contributed by atoms with Crippen LogP contribution in [-0.2, 0) is 25.5 Å². The minimum atomic E-state index is -0.900. The topological polar surface area (TPSA) is 93.1 Å². The first kappa shape index (κ1) is 24.8. The van der Waals surface area contributed by atoms with Crippen LogP contribution in [0.1, 0.15) is 22.7 Å². The van der Waals surface area contributed by atoms with Crippen LogP contribution in [0.3, 0.4) is 0 Å². The SMILES string of the molecule is COC(=O)Cc1ccc(N2C(=O)C(=O)/C(=C(\O)c3ccc4ccccc4c3)C2c2cccc(OC)c2)cc1. The molecule has 1 atom stereocenters. The molecule has 0 bridgehead atoms. The van der Waals surface area contributed by atoms with Crippen molar-refractivity contribution >= 4 is 39.9 Å². The second-order valence-electron chi connectivity index (χ2n) is 8.93. The summed E-state index contributed by atoms with van der Waals surface area (Å²) in [5.41, 5.74) is 2.17. The van der Waals surface area contributed by atoms with E-state index < -0.39 is 17.7 Å². The zero-order valence-corrected chi connectivity index (χ0v) is 20.9. The van der Waals surface area contributed by atoms with Crippen LogP contribution in [-0.4, -0.2) is 37.0 Å². The van der Waals surface area contributed by atoms with Gasteiger partial charge >= 0.3 is 5.97 Å². The highest BCUT2D eigenvalue weighted by Gasteiger charge is 2.47. The van der Waals surface area contributed by atoms with Crippen molar-refractivity contribution in [3.8, 4) is 5.75 Å². The van der Waals surface area contributed by atoms with Crippen molar-refractivity contribution in [3.05, 3.63) is 113 Å². The number of anilines is 1. The Kier molecular flexibility index (Phi) is 6.66. The van der Waals surface area contributed by atoms with Crippen LogP contribution in [0, 0.1) is 0 Å². The molecule has 0 aliphatic carbocycles. The Morgan fingerprint density at radius 1 is 0.868 bits per heavy atom. The van der Waals surface area contributed by atoms with Crippen molar-refractivity contribution in [2.75, 3.05) is 19.1 Å². The first-order chi connectivity index (χ1) is 18.4. The fourth-order valence-electron chi connectivity index (χ4n) is 4.73. The maximum Gasteiger partial charge on any atom is 0.309 e. The number of carbonyl (C=O) groups excluding carboxylic acids is 3. The standard InChI is InChI=1S/C31H25NO6/c1-37-25-9-5-8-22(18-25)28-27(29(34)23-13-12-20-6-3-4-7-21(20)17-23)30(35)31(36)32(28)24-14-10-19(11-15-24)16-26(33)38-2/h3-15,17-18,28,34H,16H2,1-2H3/b29-27-. The minimum Gasteiger partial charge on any atom is -0.507 e. The third-order valence-corrected chi connectivity index (χ3v) is 6.67. The molecular formula is C31H25NO6. The number of aliphatic hydroxyl groups excluding tert-OH is 1. The summed E-state index contributed by atoms with van der Waals surface area (Å²) >= 11 is 0. The molecule has 4 aromatic rings. The van der Waals surface area contributed by atoms with Crippen LogP contribution in [0.15, 0.2) is 96.6 Å². The quantitative estimate of drug-likeness (QED) is 0.167. The predicted octanol–water partition coefficient (Wildman–Crippen LogP) is 5.19. The van der Waals surface area contributed by atoms with Gasteiger partial charge in [-0.2, -0.15) is 0 Å². The van der Waals surface area contributed by atoms with Crippen molar-refractivity contribution < 1.29 is 29.0 Å². The van der Waals surface area contributed by atoms with E-state index in [0.717, 1.165) is 10.8 Å². The average molecular weight is 508 g/mol. The summed E-state index contributed by atoms with van der Waals surface area (Å²) < 4.78 is 10.1. The highest BCUT2D eigenvalue weighted by atomic mass is 16.5. The number of fused-ring (bicyclic) bond motifs is 1. The number of esters is 1. The predicted molar refractivity (Wildman–Crippen MR) is 144 cm³/mol. The number of benzene rings is 4. The van der Waals surface area contributed by atoms with Crippen LogP contribution in [0.5, 0.6) is 5.75 Å². The molecule has 1 N–H and O–H groups in total. The normalized spacial score (nSPS) is 16.6. The number of carbonyl (C=O) groups is 3. The van der Waals surface area contributed by atoms with Crippen molar-refractivity contribution in [1.82, 2.24) is 0 Å². The molecule has 1 saturated heterocycles. The van der Waals surface area contributed by atoms with E-state index in [4.69, 9.17) is 9.47 Å². The van der Waals surface area contributed by atoms with Gasteiger partial charge in [-0.25, -0.2) is 0 Å².